The molecule has 2 aromatic rings. The second-order valence-corrected chi connectivity index (χ2v) is 17.5. The zero-order chi connectivity index (χ0) is 46.9. The van der Waals surface area contributed by atoms with Crippen molar-refractivity contribution in [2.45, 2.75) is 245 Å². The van der Waals surface area contributed by atoms with Crippen molar-refractivity contribution in [1.29, 1.82) is 0 Å². The summed E-state index contributed by atoms with van der Waals surface area (Å²) < 4.78 is 22.9. The average molecular weight is 1030 g/mol. The van der Waals surface area contributed by atoms with Crippen LogP contribution in [0.1, 0.15) is 219 Å². The van der Waals surface area contributed by atoms with E-state index in [1.54, 1.807) is 0 Å². The van der Waals surface area contributed by atoms with Gasteiger partial charge < -0.3 is 38.7 Å². The summed E-state index contributed by atoms with van der Waals surface area (Å²) in [5, 5.41) is 21.7. The number of esters is 2. The Balaban J connectivity index is 0.00000124. The monoisotopic (exact) mass is 1030 g/mol. The summed E-state index contributed by atoms with van der Waals surface area (Å²) in [6, 6.07) is 19.9. The number of hydrogen-bond donors (Lipinski definition) is 0. The van der Waals surface area contributed by atoms with Crippen LogP contribution < -0.4 is 10.2 Å². The summed E-state index contributed by atoms with van der Waals surface area (Å²) in [4.78, 5) is 44.3. The van der Waals surface area contributed by atoms with Crippen LogP contribution in [0.2, 0.25) is 0 Å². The maximum absolute atomic E-state index is 11.3. The van der Waals surface area contributed by atoms with Crippen molar-refractivity contribution < 1.29 is 48.3 Å². The van der Waals surface area contributed by atoms with Crippen LogP contribution in [-0.2, 0) is 51.3 Å². The van der Waals surface area contributed by atoms with Crippen molar-refractivity contribution in [2.75, 3.05) is 0 Å². The number of carbonyl (C=O) groups is 4. The molecule has 0 fully saturated rings. The Morgan fingerprint density at radius 3 is 0.969 bits per heavy atom. The molecule has 0 aromatic heterocycles. The minimum atomic E-state index is -1.01. The predicted octanol–water partition coefficient (Wildman–Crippen LogP) is 11.1. The van der Waals surface area contributed by atoms with Crippen LogP contribution in [0.5, 0.6) is 0 Å². The number of carboxylic acids is 2. The summed E-state index contributed by atoms with van der Waals surface area (Å²) in [6.45, 7) is 8.39. The molecule has 0 saturated carbocycles. The van der Waals surface area contributed by atoms with Gasteiger partial charge in [-0.3, -0.25) is 9.59 Å². The minimum absolute atomic E-state index is 0. The van der Waals surface area contributed by atoms with E-state index in [0.717, 1.165) is 114 Å². The molecule has 4 unspecified atom stereocenters. The molecular formula is C54H86BaO10. The van der Waals surface area contributed by atoms with Crippen LogP contribution in [0, 0.1) is 0 Å². The van der Waals surface area contributed by atoms with Gasteiger partial charge in [0.2, 0.25) is 0 Å². The normalized spacial score (nSPS) is 12.7. The number of benzene rings is 2. The number of hydrogen-bond acceptors (Lipinski definition) is 10. The molecule has 0 aliphatic carbocycles. The first kappa shape index (κ1) is 62.8. The van der Waals surface area contributed by atoms with Crippen LogP contribution >= 0.6 is 0 Å². The van der Waals surface area contributed by atoms with Crippen LogP contribution in [0.3, 0.4) is 0 Å². The maximum Gasteiger partial charge on any atom is 2.00 e. The number of carbonyl (C=O) groups excluding carboxylic acids is 4. The van der Waals surface area contributed by atoms with E-state index in [4.69, 9.17) is 18.9 Å². The third-order valence-electron chi connectivity index (χ3n) is 11.5. The van der Waals surface area contributed by atoms with Crippen molar-refractivity contribution in [3.63, 3.8) is 0 Å². The van der Waals surface area contributed by atoms with Crippen LogP contribution in [-0.4, -0.2) is 97.2 Å². The molecule has 0 spiro atoms. The molecule has 2 aromatic carbocycles. The van der Waals surface area contributed by atoms with Crippen LogP contribution in [0.25, 0.3) is 0 Å². The van der Waals surface area contributed by atoms with Crippen molar-refractivity contribution in [3.8, 4) is 0 Å². The van der Waals surface area contributed by atoms with Crippen molar-refractivity contribution >= 4 is 72.8 Å². The number of rotatable bonds is 40. The molecule has 0 heterocycles. The maximum atomic E-state index is 11.3. The van der Waals surface area contributed by atoms with E-state index in [1.807, 2.05) is 60.7 Å². The fraction of sp³-hybridized carbons (Fsp3) is 0.704. The number of ether oxygens (including phenoxy) is 4. The summed E-state index contributed by atoms with van der Waals surface area (Å²) >= 11 is 0. The van der Waals surface area contributed by atoms with Gasteiger partial charge in [-0.05, 0) is 101 Å². The number of carboxylic acid groups (broad SMARTS) is 2. The van der Waals surface area contributed by atoms with Gasteiger partial charge in [0.1, 0.15) is 12.2 Å². The summed E-state index contributed by atoms with van der Waals surface area (Å²) in [5.74, 6) is -2.37. The van der Waals surface area contributed by atoms with Crippen molar-refractivity contribution in [2.24, 2.45) is 0 Å². The van der Waals surface area contributed by atoms with Gasteiger partial charge in [0.05, 0.1) is 25.4 Å². The summed E-state index contributed by atoms with van der Waals surface area (Å²) in [5.41, 5.74) is 2.21. The molecule has 364 valence electrons. The molecule has 0 N–H and O–H groups in total. The van der Waals surface area contributed by atoms with E-state index < -0.39 is 11.9 Å². The van der Waals surface area contributed by atoms with E-state index in [1.165, 1.54) is 65.2 Å². The molecule has 0 saturated heterocycles. The summed E-state index contributed by atoms with van der Waals surface area (Å²) in [7, 11) is 0. The van der Waals surface area contributed by atoms with Gasteiger partial charge in [0.25, 0.3) is 0 Å². The Hall–Kier alpha value is -2.19. The SMILES string of the molecule is CCCCCC(CCCCCCCCC(CCC(=O)[O-])OCc1ccccc1)OC(C)=O.CCCCCC(CCCCCCCCC(CCC(=O)[O-])OCc1ccccc1)OC(C)=O.[Ba+2]. The average Bonchev–Trinajstić information content (AvgIpc) is 3.27. The first-order valence-electron chi connectivity index (χ1n) is 25.1. The molecule has 11 heteroatoms. The second-order valence-electron chi connectivity index (χ2n) is 17.5. The van der Waals surface area contributed by atoms with Crippen LogP contribution in [0.15, 0.2) is 60.7 Å². The van der Waals surface area contributed by atoms with E-state index >= 15 is 0 Å². The predicted molar refractivity (Wildman–Crippen MR) is 258 cm³/mol. The smallest absolute Gasteiger partial charge is 0.550 e. The van der Waals surface area contributed by atoms with Crippen LogP contribution in [0.4, 0.5) is 0 Å². The van der Waals surface area contributed by atoms with Gasteiger partial charge in [0, 0.05) is 25.8 Å². The molecular weight excluding hydrogens is 946 g/mol. The van der Waals surface area contributed by atoms with Crippen molar-refractivity contribution in [1.82, 2.24) is 0 Å². The van der Waals surface area contributed by atoms with Gasteiger partial charge in [0.15, 0.2) is 0 Å². The van der Waals surface area contributed by atoms with E-state index in [9.17, 15) is 29.4 Å². The number of unbranched alkanes of at least 4 members (excludes halogenated alkanes) is 14. The largest absolute Gasteiger partial charge is 2.00 e. The fourth-order valence-electron chi connectivity index (χ4n) is 7.90. The second kappa shape index (κ2) is 44.3. The molecule has 4 atom stereocenters. The Morgan fingerprint density at radius 2 is 0.692 bits per heavy atom. The Labute approximate surface area is 434 Å². The van der Waals surface area contributed by atoms with E-state index in [-0.39, 0.29) is 98.1 Å². The number of aliphatic carboxylic acids is 2. The van der Waals surface area contributed by atoms with Gasteiger partial charge in [-0.1, -0.05) is 164 Å². The van der Waals surface area contributed by atoms with Gasteiger partial charge in [-0.2, -0.15) is 0 Å². The Morgan fingerprint density at radius 1 is 0.415 bits per heavy atom. The molecule has 0 aliphatic heterocycles. The molecule has 0 aliphatic rings. The fourth-order valence-corrected chi connectivity index (χ4v) is 7.90. The van der Waals surface area contributed by atoms with Gasteiger partial charge >= 0.3 is 60.8 Å². The van der Waals surface area contributed by atoms with Gasteiger partial charge in [-0.25, -0.2) is 0 Å². The first-order chi connectivity index (χ1) is 31.0. The molecule has 0 amide bonds. The Bertz CT molecular complexity index is 1320. The third-order valence-corrected chi connectivity index (χ3v) is 11.5. The van der Waals surface area contributed by atoms with Crippen molar-refractivity contribution in [3.05, 3.63) is 71.8 Å². The third kappa shape index (κ3) is 40.6. The topological polar surface area (TPSA) is 151 Å². The van der Waals surface area contributed by atoms with Gasteiger partial charge in [-0.15, -0.1) is 0 Å². The molecule has 10 nitrogen and oxygen atoms in total. The van der Waals surface area contributed by atoms with E-state index in [0.29, 0.717) is 26.1 Å². The molecule has 0 radical (unpaired) electrons. The standard InChI is InChI=1S/2C27H44O5.Ba/c2*1-3-4-10-18-26(32-23(2)28)19-14-8-6-5-7-13-17-25(20-21-27(29)30)31-22-24-15-11-9-12-16-24;/h2*9,11-12,15-16,25-26H,3-8,10,13-14,17-22H2,1-2H3,(H,29,30);/q;;+2/p-2. The zero-order valence-electron chi connectivity index (χ0n) is 41.1. The van der Waals surface area contributed by atoms with E-state index in [2.05, 4.69) is 13.8 Å². The Kier molecular flexibility index (Phi) is 42.8. The summed E-state index contributed by atoms with van der Waals surface area (Å²) in [6.07, 6.45) is 27.3. The quantitative estimate of drug-likeness (QED) is 0.0358. The molecule has 2 rings (SSSR count). The first-order valence-corrected chi connectivity index (χ1v) is 25.1. The molecule has 0 bridgehead atoms. The zero-order valence-corrected chi connectivity index (χ0v) is 45.5. The molecule has 65 heavy (non-hydrogen) atoms. The minimum Gasteiger partial charge on any atom is -0.550 e.